The first kappa shape index (κ1) is 15.9. The molecule has 6 nitrogen and oxygen atoms in total. The minimum absolute atomic E-state index is 0.0348. The Morgan fingerprint density at radius 1 is 1.42 bits per heavy atom. The standard InChI is InChI=1S/C13H24N2O4/c1-3-19-10(2)8-14-9-12(16)15-6-4-11(5-7-15)13(17)18/h10-11,14H,3-9H2,1-2H3,(H,17,18). The van der Waals surface area contributed by atoms with E-state index in [2.05, 4.69) is 5.32 Å². The largest absolute Gasteiger partial charge is 0.481 e. The molecule has 1 heterocycles. The van der Waals surface area contributed by atoms with Gasteiger partial charge in [-0.15, -0.1) is 0 Å². The van der Waals surface area contributed by atoms with Crippen molar-refractivity contribution >= 4 is 11.9 Å². The van der Waals surface area contributed by atoms with Gasteiger partial charge in [0.15, 0.2) is 0 Å². The Bertz CT molecular complexity index is 301. The number of hydrogen-bond acceptors (Lipinski definition) is 4. The average molecular weight is 272 g/mol. The van der Waals surface area contributed by atoms with Gasteiger partial charge in [0.1, 0.15) is 0 Å². The van der Waals surface area contributed by atoms with Crippen molar-refractivity contribution in [3.8, 4) is 0 Å². The van der Waals surface area contributed by atoms with Gasteiger partial charge in [-0.1, -0.05) is 0 Å². The Balaban J connectivity index is 2.19. The SMILES string of the molecule is CCOC(C)CNCC(=O)N1CCC(C(=O)O)CC1. The summed E-state index contributed by atoms with van der Waals surface area (Å²) in [7, 11) is 0. The number of likely N-dealkylation sites (tertiary alicyclic amines) is 1. The number of carbonyl (C=O) groups is 2. The molecule has 2 N–H and O–H groups in total. The predicted octanol–water partition coefficient (Wildman–Crippen LogP) is 0.324. The second kappa shape index (κ2) is 8.12. The molecule has 1 atom stereocenters. The van der Waals surface area contributed by atoms with E-state index in [4.69, 9.17) is 9.84 Å². The molecule has 6 heteroatoms. The molecule has 1 saturated heterocycles. The van der Waals surface area contributed by atoms with Crippen LogP contribution in [0.4, 0.5) is 0 Å². The summed E-state index contributed by atoms with van der Waals surface area (Å²) in [6.07, 6.45) is 1.20. The zero-order valence-electron chi connectivity index (χ0n) is 11.7. The van der Waals surface area contributed by atoms with Gasteiger partial charge in [0.2, 0.25) is 5.91 Å². The maximum absolute atomic E-state index is 11.9. The van der Waals surface area contributed by atoms with Crippen LogP contribution in [0.15, 0.2) is 0 Å². The van der Waals surface area contributed by atoms with E-state index in [-0.39, 0.29) is 24.5 Å². The van der Waals surface area contributed by atoms with E-state index in [1.165, 1.54) is 0 Å². The van der Waals surface area contributed by atoms with E-state index in [9.17, 15) is 9.59 Å². The fourth-order valence-electron chi connectivity index (χ4n) is 2.21. The number of rotatable bonds is 7. The van der Waals surface area contributed by atoms with Gasteiger partial charge in [-0.05, 0) is 26.7 Å². The highest BCUT2D eigenvalue weighted by molar-refractivity contribution is 5.78. The molecule has 19 heavy (non-hydrogen) atoms. The Hall–Kier alpha value is -1.14. The summed E-state index contributed by atoms with van der Waals surface area (Å²) in [6.45, 7) is 6.57. The van der Waals surface area contributed by atoms with Gasteiger partial charge in [-0.2, -0.15) is 0 Å². The molecule has 0 saturated carbocycles. The number of nitrogens with one attached hydrogen (secondary N) is 1. The van der Waals surface area contributed by atoms with Crippen molar-refractivity contribution in [2.45, 2.75) is 32.8 Å². The van der Waals surface area contributed by atoms with Gasteiger partial charge < -0.3 is 20.1 Å². The lowest BCUT2D eigenvalue weighted by Crippen LogP contribution is -2.45. The maximum Gasteiger partial charge on any atom is 0.306 e. The average Bonchev–Trinajstić information content (AvgIpc) is 2.39. The van der Waals surface area contributed by atoms with Gasteiger partial charge in [0.25, 0.3) is 0 Å². The third kappa shape index (κ3) is 5.57. The second-order valence-electron chi connectivity index (χ2n) is 4.89. The monoisotopic (exact) mass is 272 g/mol. The molecular weight excluding hydrogens is 248 g/mol. The highest BCUT2D eigenvalue weighted by atomic mass is 16.5. The number of carboxylic acids is 1. The molecule has 1 fully saturated rings. The molecule has 110 valence electrons. The number of amides is 1. The molecule has 0 radical (unpaired) electrons. The summed E-state index contributed by atoms with van der Waals surface area (Å²) in [5.41, 5.74) is 0. The molecular formula is C13H24N2O4. The fourth-order valence-corrected chi connectivity index (χ4v) is 2.21. The number of hydrogen-bond donors (Lipinski definition) is 2. The van der Waals surface area contributed by atoms with Crippen LogP contribution >= 0.6 is 0 Å². The molecule has 0 spiro atoms. The van der Waals surface area contributed by atoms with Gasteiger partial charge in [-0.25, -0.2) is 0 Å². The van der Waals surface area contributed by atoms with Crippen molar-refractivity contribution in [1.29, 1.82) is 0 Å². The quantitative estimate of drug-likeness (QED) is 0.698. The Morgan fingerprint density at radius 3 is 2.58 bits per heavy atom. The predicted molar refractivity (Wildman–Crippen MR) is 70.9 cm³/mol. The highest BCUT2D eigenvalue weighted by Gasteiger charge is 2.26. The normalized spacial score (nSPS) is 18.3. The minimum Gasteiger partial charge on any atom is -0.481 e. The molecule has 1 unspecified atom stereocenters. The lowest BCUT2D eigenvalue weighted by atomic mass is 9.97. The van der Waals surface area contributed by atoms with Crippen LogP contribution in [0.3, 0.4) is 0 Å². The number of nitrogens with zero attached hydrogens (tertiary/aromatic N) is 1. The van der Waals surface area contributed by atoms with Crippen LogP contribution < -0.4 is 5.32 Å². The third-order valence-corrected chi connectivity index (χ3v) is 3.36. The third-order valence-electron chi connectivity index (χ3n) is 3.36. The lowest BCUT2D eigenvalue weighted by molar-refractivity contribution is -0.145. The van der Waals surface area contributed by atoms with Crippen molar-refractivity contribution in [3.63, 3.8) is 0 Å². The molecule has 0 aromatic carbocycles. The van der Waals surface area contributed by atoms with E-state index in [0.717, 1.165) is 0 Å². The van der Waals surface area contributed by atoms with E-state index >= 15 is 0 Å². The van der Waals surface area contributed by atoms with Gasteiger partial charge >= 0.3 is 5.97 Å². The summed E-state index contributed by atoms with van der Waals surface area (Å²) >= 11 is 0. The number of carbonyl (C=O) groups excluding carboxylic acids is 1. The van der Waals surface area contributed by atoms with E-state index in [0.29, 0.717) is 39.1 Å². The summed E-state index contributed by atoms with van der Waals surface area (Å²) in [4.78, 5) is 24.4. The van der Waals surface area contributed by atoms with Crippen molar-refractivity contribution in [1.82, 2.24) is 10.2 Å². The Labute approximate surface area is 114 Å². The molecule has 0 bridgehead atoms. The lowest BCUT2D eigenvalue weighted by Gasteiger charge is -2.30. The molecule has 1 aliphatic heterocycles. The number of aliphatic carboxylic acids is 1. The first-order valence-corrected chi connectivity index (χ1v) is 6.87. The van der Waals surface area contributed by atoms with Crippen LogP contribution in [0.5, 0.6) is 0 Å². The van der Waals surface area contributed by atoms with Gasteiger partial charge in [0, 0.05) is 26.2 Å². The molecule has 1 amide bonds. The van der Waals surface area contributed by atoms with E-state index < -0.39 is 5.97 Å². The maximum atomic E-state index is 11.9. The van der Waals surface area contributed by atoms with Gasteiger partial charge in [0.05, 0.1) is 18.6 Å². The summed E-state index contributed by atoms with van der Waals surface area (Å²) < 4.78 is 5.36. The second-order valence-corrected chi connectivity index (χ2v) is 4.89. The number of ether oxygens (including phenoxy) is 1. The van der Waals surface area contributed by atoms with Crippen molar-refractivity contribution in [2.75, 3.05) is 32.8 Å². The van der Waals surface area contributed by atoms with Crippen LogP contribution in [-0.2, 0) is 14.3 Å². The van der Waals surface area contributed by atoms with E-state index in [1.807, 2.05) is 13.8 Å². The van der Waals surface area contributed by atoms with Gasteiger partial charge in [-0.3, -0.25) is 9.59 Å². The molecule has 1 rings (SSSR count). The molecule has 0 aromatic heterocycles. The van der Waals surface area contributed by atoms with Crippen LogP contribution in [0.2, 0.25) is 0 Å². The zero-order chi connectivity index (χ0) is 14.3. The minimum atomic E-state index is -0.754. The van der Waals surface area contributed by atoms with Crippen molar-refractivity contribution in [3.05, 3.63) is 0 Å². The van der Waals surface area contributed by atoms with Crippen molar-refractivity contribution < 1.29 is 19.4 Å². The first-order chi connectivity index (χ1) is 9.04. The Morgan fingerprint density at radius 2 is 2.05 bits per heavy atom. The summed E-state index contributed by atoms with van der Waals surface area (Å²) in [5.74, 6) is -1.02. The molecule has 1 aliphatic rings. The molecule has 0 aliphatic carbocycles. The fraction of sp³-hybridized carbons (Fsp3) is 0.846. The van der Waals surface area contributed by atoms with Crippen molar-refractivity contribution in [2.24, 2.45) is 5.92 Å². The van der Waals surface area contributed by atoms with Crippen LogP contribution in [-0.4, -0.2) is 60.8 Å². The first-order valence-electron chi connectivity index (χ1n) is 6.87. The smallest absolute Gasteiger partial charge is 0.306 e. The molecule has 0 aromatic rings. The number of carboxylic acid groups (broad SMARTS) is 1. The van der Waals surface area contributed by atoms with Crippen LogP contribution in [0, 0.1) is 5.92 Å². The summed E-state index contributed by atoms with van der Waals surface area (Å²) in [6, 6.07) is 0. The number of piperidine rings is 1. The Kier molecular flexibility index (Phi) is 6.80. The highest BCUT2D eigenvalue weighted by Crippen LogP contribution is 2.16. The van der Waals surface area contributed by atoms with E-state index in [1.54, 1.807) is 4.90 Å². The topological polar surface area (TPSA) is 78.9 Å². The van der Waals surface area contributed by atoms with Crippen LogP contribution in [0.1, 0.15) is 26.7 Å². The summed E-state index contributed by atoms with van der Waals surface area (Å²) in [5, 5.41) is 12.0. The van der Waals surface area contributed by atoms with Crippen LogP contribution in [0.25, 0.3) is 0 Å². The zero-order valence-corrected chi connectivity index (χ0v) is 11.7.